The zero-order valence-electron chi connectivity index (χ0n) is 11.2. The van der Waals surface area contributed by atoms with Gasteiger partial charge >= 0.3 is 6.18 Å². The van der Waals surface area contributed by atoms with Crippen LogP contribution in [0.5, 0.6) is 0 Å². The minimum atomic E-state index is -4.55. The fourth-order valence-electron chi connectivity index (χ4n) is 2.49. The van der Waals surface area contributed by atoms with E-state index < -0.39 is 11.7 Å². The molecule has 6 heteroatoms. The number of carbonyl (C=O) groups is 1. The van der Waals surface area contributed by atoms with E-state index in [2.05, 4.69) is 0 Å². The Kier molecular flexibility index (Phi) is 3.92. The number of likely N-dealkylation sites (tertiary alicyclic amines) is 1. The van der Waals surface area contributed by atoms with E-state index in [0.29, 0.717) is 19.0 Å². The van der Waals surface area contributed by atoms with E-state index in [9.17, 15) is 18.0 Å². The summed E-state index contributed by atoms with van der Waals surface area (Å²) < 4.78 is 38.4. The number of hydrogen-bond donors (Lipinski definition) is 1. The second-order valence-electron chi connectivity index (χ2n) is 5.30. The summed E-state index contributed by atoms with van der Waals surface area (Å²) in [6, 6.07) is 3.34. The summed E-state index contributed by atoms with van der Waals surface area (Å²) in [6.07, 6.45) is -2.62. The van der Waals surface area contributed by atoms with Gasteiger partial charge in [-0.05, 0) is 37.0 Å². The maximum atomic E-state index is 12.8. The molecule has 1 amide bonds. The number of rotatable bonds is 1. The number of nitrogens with zero attached hydrogens (tertiary/aromatic N) is 1. The fourth-order valence-corrected chi connectivity index (χ4v) is 2.49. The van der Waals surface area contributed by atoms with E-state index in [0.717, 1.165) is 25.0 Å². The number of benzene rings is 1. The van der Waals surface area contributed by atoms with Crippen LogP contribution in [0.3, 0.4) is 0 Å². The Hall–Kier alpha value is -1.72. The first-order chi connectivity index (χ1) is 9.29. The zero-order chi connectivity index (χ0) is 14.9. The molecular formula is C14H17F3N2O. The quantitative estimate of drug-likeness (QED) is 0.806. The summed E-state index contributed by atoms with van der Waals surface area (Å²) in [5, 5.41) is 0. The Balaban J connectivity index is 2.26. The lowest BCUT2D eigenvalue weighted by Gasteiger charge is -2.31. The van der Waals surface area contributed by atoms with E-state index in [1.165, 1.54) is 6.07 Å². The van der Waals surface area contributed by atoms with Crippen LogP contribution >= 0.6 is 0 Å². The monoisotopic (exact) mass is 286 g/mol. The van der Waals surface area contributed by atoms with Crippen LogP contribution in [0.1, 0.15) is 35.7 Å². The maximum absolute atomic E-state index is 12.8. The largest absolute Gasteiger partial charge is 0.418 e. The summed E-state index contributed by atoms with van der Waals surface area (Å²) in [5.41, 5.74) is 4.06. The van der Waals surface area contributed by atoms with E-state index >= 15 is 0 Å². The van der Waals surface area contributed by atoms with Crippen LogP contribution in [0, 0.1) is 5.92 Å². The zero-order valence-corrected chi connectivity index (χ0v) is 11.2. The molecule has 0 bridgehead atoms. The Morgan fingerprint density at radius 2 is 2.10 bits per heavy atom. The smallest absolute Gasteiger partial charge is 0.398 e. The molecule has 0 saturated carbocycles. The highest BCUT2D eigenvalue weighted by Crippen LogP contribution is 2.34. The number of nitrogens with two attached hydrogens (primary N) is 1. The maximum Gasteiger partial charge on any atom is 0.418 e. The van der Waals surface area contributed by atoms with E-state index in [1.807, 2.05) is 6.92 Å². The van der Waals surface area contributed by atoms with Gasteiger partial charge in [0.15, 0.2) is 0 Å². The number of nitrogen functional groups attached to an aromatic ring is 1. The molecule has 2 N–H and O–H groups in total. The first kappa shape index (κ1) is 14.7. The average molecular weight is 286 g/mol. The Morgan fingerprint density at radius 1 is 1.40 bits per heavy atom. The fraction of sp³-hybridized carbons (Fsp3) is 0.500. The van der Waals surface area contributed by atoms with Gasteiger partial charge in [-0.2, -0.15) is 13.2 Å². The highest BCUT2D eigenvalue weighted by atomic mass is 19.4. The summed E-state index contributed by atoms with van der Waals surface area (Å²) in [7, 11) is 0. The van der Waals surface area contributed by atoms with Gasteiger partial charge in [-0.3, -0.25) is 4.79 Å². The molecule has 1 atom stereocenters. The molecule has 1 aliphatic heterocycles. The molecule has 0 radical (unpaired) electrons. The number of anilines is 1. The summed E-state index contributed by atoms with van der Waals surface area (Å²) in [5.74, 6) is 0.0191. The summed E-state index contributed by atoms with van der Waals surface area (Å²) >= 11 is 0. The van der Waals surface area contributed by atoms with Crippen molar-refractivity contribution in [1.82, 2.24) is 4.90 Å². The van der Waals surface area contributed by atoms with E-state index in [-0.39, 0.29) is 17.2 Å². The molecular weight excluding hydrogens is 269 g/mol. The number of piperidine rings is 1. The number of carbonyl (C=O) groups excluding carboxylic acids is 1. The lowest BCUT2D eigenvalue weighted by molar-refractivity contribution is -0.136. The molecule has 0 spiro atoms. The van der Waals surface area contributed by atoms with Crippen molar-refractivity contribution in [3.05, 3.63) is 29.3 Å². The van der Waals surface area contributed by atoms with Gasteiger partial charge in [0.2, 0.25) is 0 Å². The lowest BCUT2D eigenvalue weighted by atomic mass is 9.99. The van der Waals surface area contributed by atoms with Crippen molar-refractivity contribution in [3.8, 4) is 0 Å². The van der Waals surface area contributed by atoms with Gasteiger partial charge in [0.1, 0.15) is 0 Å². The van der Waals surface area contributed by atoms with Gasteiger partial charge in [0.25, 0.3) is 5.91 Å². The van der Waals surface area contributed by atoms with E-state index in [4.69, 9.17) is 5.73 Å². The van der Waals surface area contributed by atoms with Crippen LogP contribution in [-0.2, 0) is 6.18 Å². The van der Waals surface area contributed by atoms with E-state index in [1.54, 1.807) is 4.90 Å². The molecule has 3 nitrogen and oxygen atoms in total. The summed E-state index contributed by atoms with van der Waals surface area (Å²) in [6.45, 7) is 3.21. The third kappa shape index (κ3) is 3.05. The molecule has 0 unspecified atom stereocenters. The molecule has 1 heterocycles. The van der Waals surface area contributed by atoms with Gasteiger partial charge in [-0.25, -0.2) is 0 Å². The van der Waals surface area contributed by atoms with Gasteiger partial charge in [0, 0.05) is 24.3 Å². The van der Waals surface area contributed by atoms with Crippen LogP contribution in [0.4, 0.5) is 18.9 Å². The lowest BCUT2D eigenvalue weighted by Crippen LogP contribution is -2.39. The van der Waals surface area contributed by atoms with Gasteiger partial charge in [-0.1, -0.05) is 6.92 Å². The standard InChI is InChI=1S/C14H17F3N2O/c1-9-3-2-6-19(8-9)13(20)10-4-5-12(18)11(7-10)14(15,16)17/h4-5,7,9H,2-3,6,8,18H2,1H3/t9-/m0/s1. The topological polar surface area (TPSA) is 46.3 Å². The highest BCUT2D eigenvalue weighted by molar-refractivity contribution is 5.95. The van der Waals surface area contributed by atoms with Crippen molar-refractivity contribution in [2.75, 3.05) is 18.8 Å². The van der Waals surface area contributed by atoms with Gasteiger partial charge in [-0.15, -0.1) is 0 Å². The molecule has 1 aromatic rings. The van der Waals surface area contributed by atoms with Crippen LogP contribution < -0.4 is 5.73 Å². The molecule has 1 aliphatic rings. The predicted molar refractivity (Wildman–Crippen MR) is 70.2 cm³/mol. The molecule has 1 saturated heterocycles. The average Bonchev–Trinajstić information content (AvgIpc) is 2.37. The van der Waals surface area contributed by atoms with Crippen molar-refractivity contribution in [2.24, 2.45) is 5.92 Å². The van der Waals surface area contributed by atoms with Crippen LogP contribution in [0.25, 0.3) is 0 Å². The summed E-state index contributed by atoms with van der Waals surface area (Å²) in [4.78, 5) is 13.9. The van der Waals surface area contributed by atoms with Gasteiger partial charge in [0.05, 0.1) is 5.56 Å². The second-order valence-corrected chi connectivity index (χ2v) is 5.30. The number of hydrogen-bond acceptors (Lipinski definition) is 2. The van der Waals surface area contributed by atoms with Crippen LogP contribution in [0.2, 0.25) is 0 Å². The van der Waals surface area contributed by atoms with Crippen molar-refractivity contribution >= 4 is 11.6 Å². The normalized spacial score (nSPS) is 20.0. The third-order valence-electron chi connectivity index (χ3n) is 3.55. The third-order valence-corrected chi connectivity index (χ3v) is 3.55. The Labute approximate surface area is 115 Å². The Bertz CT molecular complexity index is 514. The molecule has 1 fully saturated rings. The minimum absolute atomic E-state index is 0.0422. The number of alkyl halides is 3. The molecule has 20 heavy (non-hydrogen) atoms. The number of amides is 1. The van der Waals surface area contributed by atoms with Crippen molar-refractivity contribution in [1.29, 1.82) is 0 Å². The highest BCUT2D eigenvalue weighted by Gasteiger charge is 2.34. The SMILES string of the molecule is C[C@H]1CCCN(C(=O)c2ccc(N)c(C(F)(F)F)c2)C1. The predicted octanol–water partition coefficient (Wildman–Crippen LogP) is 3.16. The number of halogens is 3. The van der Waals surface area contributed by atoms with Gasteiger partial charge < -0.3 is 10.6 Å². The molecule has 0 aliphatic carbocycles. The molecule has 2 rings (SSSR count). The van der Waals surface area contributed by atoms with Crippen LogP contribution in [-0.4, -0.2) is 23.9 Å². The minimum Gasteiger partial charge on any atom is -0.398 e. The van der Waals surface area contributed by atoms with Crippen molar-refractivity contribution in [2.45, 2.75) is 25.9 Å². The Morgan fingerprint density at radius 3 is 2.70 bits per heavy atom. The first-order valence-corrected chi connectivity index (χ1v) is 6.55. The molecule has 1 aromatic carbocycles. The van der Waals surface area contributed by atoms with Crippen molar-refractivity contribution in [3.63, 3.8) is 0 Å². The molecule has 110 valence electrons. The molecule has 0 aromatic heterocycles. The van der Waals surface area contributed by atoms with Crippen LogP contribution in [0.15, 0.2) is 18.2 Å². The van der Waals surface area contributed by atoms with Crippen molar-refractivity contribution < 1.29 is 18.0 Å². The first-order valence-electron chi connectivity index (χ1n) is 6.55. The second kappa shape index (κ2) is 5.34.